The molecular formula is C17H27BrO. The molecule has 0 aliphatic rings. The highest BCUT2D eigenvalue weighted by atomic mass is 79.9. The number of ether oxygens (including phenoxy) is 1. The number of rotatable bonds is 8. The minimum Gasteiger partial charge on any atom is -0.370 e. The summed E-state index contributed by atoms with van der Waals surface area (Å²) in [5, 5.41) is 0.827. The molecule has 0 amide bonds. The zero-order valence-corrected chi connectivity index (χ0v) is 14.3. The van der Waals surface area contributed by atoms with Crippen molar-refractivity contribution in [3.05, 3.63) is 35.4 Å². The second-order valence-corrected chi connectivity index (χ2v) is 6.26. The Morgan fingerprint density at radius 3 is 2.26 bits per heavy atom. The van der Waals surface area contributed by atoms with Gasteiger partial charge in [-0.2, -0.15) is 0 Å². The summed E-state index contributed by atoms with van der Waals surface area (Å²) in [6.07, 6.45) is 3.62. The zero-order valence-electron chi connectivity index (χ0n) is 12.7. The smallest absolute Gasteiger partial charge is 0.0999 e. The second-order valence-electron chi connectivity index (χ2n) is 5.70. The summed E-state index contributed by atoms with van der Waals surface area (Å²) in [6, 6.07) is 8.85. The van der Waals surface area contributed by atoms with Gasteiger partial charge in [0.25, 0.3) is 0 Å². The summed E-state index contributed by atoms with van der Waals surface area (Å²) in [5.74, 6) is 0.578. The van der Waals surface area contributed by atoms with Gasteiger partial charge in [0, 0.05) is 11.9 Å². The SMILES string of the molecule is CCCCCOC(C)(CBr)c1ccc(C(C)C)cc1. The van der Waals surface area contributed by atoms with Crippen molar-refractivity contribution in [1.82, 2.24) is 0 Å². The first kappa shape index (κ1) is 16.7. The fraction of sp³-hybridized carbons (Fsp3) is 0.647. The van der Waals surface area contributed by atoms with E-state index < -0.39 is 0 Å². The topological polar surface area (TPSA) is 9.23 Å². The summed E-state index contributed by atoms with van der Waals surface area (Å²) in [4.78, 5) is 0. The molecule has 0 N–H and O–H groups in total. The van der Waals surface area contributed by atoms with Crippen LogP contribution in [0.1, 0.15) is 64.0 Å². The largest absolute Gasteiger partial charge is 0.370 e. The van der Waals surface area contributed by atoms with Crippen LogP contribution in [-0.2, 0) is 10.3 Å². The number of hydrogen-bond donors (Lipinski definition) is 0. The molecule has 1 rings (SSSR count). The molecule has 108 valence electrons. The molecule has 0 fully saturated rings. The average molecular weight is 327 g/mol. The third-order valence-electron chi connectivity index (χ3n) is 3.61. The van der Waals surface area contributed by atoms with Gasteiger partial charge in [0.15, 0.2) is 0 Å². The highest BCUT2D eigenvalue weighted by molar-refractivity contribution is 9.09. The van der Waals surface area contributed by atoms with Gasteiger partial charge in [0.1, 0.15) is 0 Å². The summed E-state index contributed by atoms with van der Waals surface area (Å²) >= 11 is 3.60. The lowest BCUT2D eigenvalue weighted by atomic mass is 9.94. The van der Waals surface area contributed by atoms with Crippen LogP contribution in [0.3, 0.4) is 0 Å². The minimum atomic E-state index is -0.219. The molecule has 0 aliphatic heterocycles. The molecule has 2 heteroatoms. The molecule has 0 bridgehead atoms. The number of benzene rings is 1. The maximum atomic E-state index is 6.12. The Labute approximate surface area is 126 Å². The van der Waals surface area contributed by atoms with Crippen LogP contribution in [0.5, 0.6) is 0 Å². The third-order valence-corrected chi connectivity index (χ3v) is 4.68. The van der Waals surface area contributed by atoms with Gasteiger partial charge in [-0.1, -0.05) is 73.8 Å². The second kappa shape index (κ2) is 8.06. The van der Waals surface area contributed by atoms with E-state index in [0.29, 0.717) is 5.92 Å². The Hall–Kier alpha value is -0.340. The van der Waals surface area contributed by atoms with Crippen LogP contribution >= 0.6 is 15.9 Å². The summed E-state index contributed by atoms with van der Waals surface area (Å²) in [7, 11) is 0. The van der Waals surface area contributed by atoms with E-state index in [-0.39, 0.29) is 5.60 Å². The Morgan fingerprint density at radius 2 is 1.79 bits per heavy atom. The van der Waals surface area contributed by atoms with Crippen LogP contribution in [-0.4, -0.2) is 11.9 Å². The van der Waals surface area contributed by atoms with Gasteiger partial charge in [0.05, 0.1) is 5.60 Å². The standard InChI is InChI=1S/C17H27BrO/c1-5-6-7-12-19-17(4,13-18)16-10-8-15(9-11-16)14(2)3/h8-11,14H,5-7,12-13H2,1-4H3. The van der Waals surface area contributed by atoms with E-state index in [1.165, 1.54) is 24.0 Å². The molecule has 1 atom stereocenters. The van der Waals surface area contributed by atoms with Gasteiger partial charge < -0.3 is 4.74 Å². The van der Waals surface area contributed by atoms with Crippen molar-refractivity contribution in [2.45, 2.75) is 58.5 Å². The molecule has 1 aromatic carbocycles. The summed E-state index contributed by atoms with van der Waals surface area (Å²) in [6.45, 7) is 9.66. The quantitative estimate of drug-likeness (QED) is 0.444. The molecule has 1 aromatic rings. The highest BCUT2D eigenvalue weighted by Crippen LogP contribution is 2.29. The first-order valence-corrected chi connectivity index (χ1v) is 8.46. The van der Waals surface area contributed by atoms with Crippen molar-refractivity contribution in [3.63, 3.8) is 0 Å². The minimum absolute atomic E-state index is 0.219. The van der Waals surface area contributed by atoms with Gasteiger partial charge in [-0.3, -0.25) is 0 Å². The van der Waals surface area contributed by atoms with Gasteiger partial charge in [-0.15, -0.1) is 0 Å². The molecule has 1 nitrogen and oxygen atoms in total. The van der Waals surface area contributed by atoms with Crippen LogP contribution < -0.4 is 0 Å². The summed E-state index contributed by atoms with van der Waals surface area (Å²) < 4.78 is 6.12. The fourth-order valence-electron chi connectivity index (χ4n) is 2.07. The highest BCUT2D eigenvalue weighted by Gasteiger charge is 2.26. The van der Waals surface area contributed by atoms with E-state index in [9.17, 15) is 0 Å². The molecule has 1 unspecified atom stereocenters. The van der Waals surface area contributed by atoms with Crippen LogP contribution in [0.4, 0.5) is 0 Å². The number of alkyl halides is 1. The molecule has 0 radical (unpaired) electrons. The maximum absolute atomic E-state index is 6.12. The molecule has 0 aliphatic carbocycles. The normalized spacial score (nSPS) is 14.6. The Balaban J connectivity index is 2.71. The van der Waals surface area contributed by atoms with Crippen LogP contribution in [0.2, 0.25) is 0 Å². The van der Waals surface area contributed by atoms with E-state index >= 15 is 0 Å². The first-order valence-electron chi connectivity index (χ1n) is 7.34. The van der Waals surface area contributed by atoms with E-state index in [1.54, 1.807) is 0 Å². The lowest BCUT2D eigenvalue weighted by Crippen LogP contribution is -2.28. The number of halogens is 1. The lowest BCUT2D eigenvalue weighted by molar-refractivity contribution is -0.0185. The van der Waals surface area contributed by atoms with Crippen molar-refractivity contribution in [1.29, 1.82) is 0 Å². The average Bonchev–Trinajstić information content (AvgIpc) is 2.43. The van der Waals surface area contributed by atoms with Crippen molar-refractivity contribution in [2.24, 2.45) is 0 Å². The van der Waals surface area contributed by atoms with E-state index in [4.69, 9.17) is 4.74 Å². The van der Waals surface area contributed by atoms with E-state index in [2.05, 4.69) is 67.9 Å². The van der Waals surface area contributed by atoms with Crippen molar-refractivity contribution in [2.75, 3.05) is 11.9 Å². The van der Waals surface area contributed by atoms with Crippen molar-refractivity contribution >= 4 is 15.9 Å². The van der Waals surface area contributed by atoms with Gasteiger partial charge in [-0.05, 0) is 30.4 Å². The monoisotopic (exact) mass is 326 g/mol. The molecule has 0 saturated heterocycles. The summed E-state index contributed by atoms with van der Waals surface area (Å²) in [5.41, 5.74) is 2.42. The predicted octanol–water partition coefficient (Wildman–Crippen LogP) is 5.63. The first-order chi connectivity index (χ1) is 9.03. The Morgan fingerprint density at radius 1 is 1.16 bits per heavy atom. The zero-order chi connectivity index (χ0) is 14.3. The molecule has 0 heterocycles. The van der Waals surface area contributed by atoms with E-state index in [1.807, 2.05) is 0 Å². The molecule has 0 spiro atoms. The number of unbranched alkanes of at least 4 members (excludes halogenated alkanes) is 2. The van der Waals surface area contributed by atoms with Crippen LogP contribution in [0.25, 0.3) is 0 Å². The maximum Gasteiger partial charge on any atom is 0.0999 e. The van der Waals surface area contributed by atoms with Gasteiger partial charge in [-0.25, -0.2) is 0 Å². The van der Waals surface area contributed by atoms with E-state index in [0.717, 1.165) is 18.4 Å². The molecule has 0 saturated carbocycles. The molecule has 19 heavy (non-hydrogen) atoms. The number of hydrogen-bond acceptors (Lipinski definition) is 1. The lowest BCUT2D eigenvalue weighted by Gasteiger charge is -2.29. The molecule has 0 aromatic heterocycles. The van der Waals surface area contributed by atoms with Gasteiger partial charge in [0.2, 0.25) is 0 Å². The predicted molar refractivity (Wildman–Crippen MR) is 87.2 cm³/mol. The van der Waals surface area contributed by atoms with Gasteiger partial charge >= 0.3 is 0 Å². The Kier molecular flexibility index (Phi) is 7.09. The Bertz CT molecular complexity index is 358. The third kappa shape index (κ3) is 4.92. The fourth-order valence-corrected chi connectivity index (χ4v) is 2.55. The van der Waals surface area contributed by atoms with Crippen molar-refractivity contribution < 1.29 is 4.74 Å². The van der Waals surface area contributed by atoms with Crippen LogP contribution in [0, 0.1) is 0 Å². The van der Waals surface area contributed by atoms with Crippen LogP contribution in [0.15, 0.2) is 24.3 Å². The van der Waals surface area contributed by atoms with Crippen molar-refractivity contribution in [3.8, 4) is 0 Å². The molecular weight excluding hydrogens is 300 g/mol.